The molecule has 1 fully saturated rings. The van der Waals surface area contributed by atoms with Crippen LogP contribution in [0.4, 0.5) is 21.5 Å². The van der Waals surface area contributed by atoms with Crippen molar-refractivity contribution in [1.29, 1.82) is 0 Å². The monoisotopic (exact) mass is 494 g/mol. The fourth-order valence-corrected chi connectivity index (χ4v) is 4.35. The van der Waals surface area contributed by atoms with Crippen molar-refractivity contribution in [3.8, 4) is 0 Å². The number of rotatable bonds is 6. The Morgan fingerprint density at radius 3 is 2.77 bits per heavy atom. The number of carbonyl (C=O) groups excluding carboxylic acids is 2. The third-order valence-electron chi connectivity index (χ3n) is 4.21. The molecule has 3 rings (SSSR count). The Kier molecular flexibility index (Phi) is 6.83. The number of hydrogen-bond donors (Lipinski definition) is 1. The maximum absolute atomic E-state index is 14.1. The molecule has 1 N–H and O–H groups in total. The second kappa shape index (κ2) is 9.35. The van der Waals surface area contributed by atoms with Crippen LogP contribution < -0.4 is 5.32 Å². The molecule has 156 valence electrons. The van der Waals surface area contributed by atoms with Gasteiger partial charge in [0.05, 0.1) is 4.92 Å². The Morgan fingerprint density at radius 2 is 2.10 bits per heavy atom. The normalized spacial score (nSPS) is 17.4. The van der Waals surface area contributed by atoms with Crippen LogP contribution in [0.25, 0.3) is 0 Å². The minimum Gasteiger partial charge on any atom is -0.320 e. The molecule has 0 aliphatic carbocycles. The van der Waals surface area contributed by atoms with Gasteiger partial charge in [0.2, 0.25) is 11.8 Å². The van der Waals surface area contributed by atoms with Gasteiger partial charge in [-0.1, -0.05) is 39.8 Å². The predicted molar refractivity (Wildman–Crippen MR) is 116 cm³/mol. The minimum atomic E-state index is -0.759. The molecule has 0 spiro atoms. The average molecular weight is 495 g/mol. The number of nitrogens with zero attached hydrogens (tertiary/aromatic N) is 3. The number of thioether (sulfide) groups is 1. The summed E-state index contributed by atoms with van der Waals surface area (Å²) in [4.78, 5) is 41.2. The van der Waals surface area contributed by atoms with E-state index in [0.29, 0.717) is 16.2 Å². The highest BCUT2D eigenvalue weighted by atomic mass is 79.9. The van der Waals surface area contributed by atoms with Crippen LogP contribution in [0.1, 0.15) is 13.3 Å². The van der Waals surface area contributed by atoms with E-state index in [1.165, 1.54) is 35.2 Å². The molecule has 1 atom stereocenters. The SMILES string of the molecule is CCN1C(=O)C(CC(=O)Nc2ccccc2[N+](=O)[O-])SC1=Nc1ccc(Br)cc1F. The molecule has 0 bridgehead atoms. The number of benzene rings is 2. The zero-order chi connectivity index (χ0) is 21.8. The number of nitrogens with one attached hydrogen (secondary N) is 1. The highest BCUT2D eigenvalue weighted by Gasteiger charge is 2.38. The fraction of sp³-hybridized carbons (Fsp3) is 0.211. The number of nitro benzene ring substituents is 1. The van der Waals surface area contributed by atoms with Crippen molar-refractivity contribution in [2.24, 2.45) is 4.99 Å². The number of para-hydroxylation sites is 2. The summed E-state index contributed by atoms with van der Waals surface area (Å²) in [6, 6.07) is 10.1. The molecule has 0 aromatic heterocycles. The molecule has 1 aliphatic heterocycles. The molecule has 8 nitrogen and oxygen atoms in total. The van der Waals surface area contributed by atoms with Gasteiger partial charge in [0.25, 0.3) is 5.69 Å². The average Bonchev–Trinajstić information content (AvgIpc) is 2.98. The summed E-state index contributed by atoms with van der Waals surface area (Å²) in [5, 5.41) is 13.1. The second-order valence-corrected chi connectivity index (χ2v) is 8.29. The Bertz CT molecular complexity index is 1050. The van der Waals surface area contributed by atoms with Crippen molar-refractivity contribution in [3.05, 3.63) is 62.9 Å². The Hall–Kier alpha value is -2.79. The van der Waals surface area contributed by atoms with Crippen molar-refractivity contribution >= 4 is 61.7 Å². The van der Waals surface area contributed by atoms with Gasteiger partial charge in [-0.15, -0.1) is 0 Å². The summed E-state index contributed by atoms with van der Waals surface area (Å²) in [5.41, 5.74) is -0.0996. The van der Waals surface area contributed by atoms with E-state index in [2.05, 4.69) is 26.2 Å². The Balaban J connectivity index is 1.76. The van der Waals surface area contributed by atoms with Crippen molar-refractivity contribution < 1.29 is 18.9 Å². The van der Waals surface area contributed by atoms with Crippen LogP contribution >= 0.6 is 27.7 Å². The molecule has 0 saturated carbocycles. The first kappa shape index (κ1) is 21.9. The molecule has 1 unspecified atom stereocenters. The van der Waals surface area contributed by atoms with Crippen molar-refractivity contribution in [2.75, 3.05) is 11.9 Å². The van der Waals surface area contributed by atoms with Gasteiger partial charge in [0.1, 0.15) is 22.4 Å². The third kappa shape index (κ3) is 4.85. The molecule has 1 aliphatic rings. The van der Waals surface area contributed by atoms with Crippen molar-refractivity contribution in [3.63, 3.8) is 0 Å². The number of nitro groups is 1. The molecule has 11 heteroatoms. The number of anilines is 1. The van der Waals surface area contributed by atoms with E-state index < -0.39 is 21.9 Å². The van der Waals surface area contributed by atoms with Crippen LogP contribution in [0.3, 0.4) is 0 Å². The molecule has 30 heavy (non-hydrogen) atoms. The number of amides is 2. The van der Waals surface area contributed by atoms with Crippen LogP contribution in [-0.4, -0.2) is 38.6 Å². The molecule has 2 amide bonds. The van der Waals surface area contributed by atoms with Gasteiger partial charge >= 0.3 is 0 Å². The van der Waals surface area contributed by atoms with Crippen LogP contribution in [0, 0.1) is 15.9 Å². The summed E-state index contributed by atoms with van der Waals surface area (Å²) in [6.45, 7) is 2.06. The standard InChI is InChI=1S/C19H16BrFN4O4S/c1-2-24-18(27)16(30-19(24)23-13-8-7-11(20)9-12(13)21)10-17(26)22-14-5-3-4-6-15(14)25(28)29/h3-9,16H,2,10H2,1H3,(H,22,26). The molecular formula is C19H16BrFN4O4S. The molecule has 2 aromatic carbocycles. The number of halogens is 2. The van der Waals surface area contributed by atoms with Gasteiger partial charge < -0.3 is 5.32 Å². The maximum Gasteiger partial charge on any atom is 0.292 e. The highest BCUT2D eigenvalue weighted by molar-refractivity contribution is 9.10. The van der Waals surface area contributed by atoms with Gasteiger partial charge in [0, 0.05) is 23.5 Å². The lowest BCUT2D eigenvalue weighted by Gasteiger charge is -2.13. The largest absolute Gasteiger partial charge is 0.320 e. The van der Waals surface area contributed by atoms with E-state index in [9.17, 15) is 24.1 Å². The van der Waals surface area contributed by atoms with Crippen LogP contribution in [0.2, 0.25) is 0 Å². The molecule has 1 heterocycles. The summed E-state index contributed by atoms with van der Waals surface area (Å²) < 4.78 is 14.7. The predicted octanol–water partition coefficient (Wildman–Crippen LogP) is 4.48. The fourth-order valence-electron chi connectivity index (χ4n) is 2.80. The lowest BCUT2D eigenvalue weighted by atomic mass is 10.2. The van der Waals surface area contributed by atoms with Gasteiger partial charge in [-0.3, -0.25) is 24.6 Å². The van der Waals surface area contributed by atoms with Gasteiger partial charge in [0.15, 0.2) is 5.17 Å². The summed E-state index contributed by atoms with van der Waals surface area (Å²) in [6.07, 6.45) is -0.201. The first-order valence-corrected chi connectivity index (χ1v) is 10.5. The number of amidine groups is 1. The highest BCUT2D eigenvalue weighted by Crippen LogP contribution is 2.33. The Labute approximate surface area is 183 Å². The van der Waals surface area contributed by atoms with E-state index in [4.69, 9.17) is 0 Å². The smallest absolute Gasteiger partial charge is 0.292 e. The third-order valence-corrected chi connectivity index (χ3v) is 5.88. The zero-order valence-corrected chi connectivity index (χ0v) is 18.1. The van der Waals surface area contributed by atoms with Gasteiger partial charge in [-0.05, 0) is 31.2 Å². The lowest BCUT2D eigenvalue weighted by molar-refractivity contribution is -0.383. The minimum absolute atomic E-state index is 0.0566. The summed E-state index contributed by atoms with van der Waals surface area (Å²) >= 11 is 4.24. The van der Waals surface area contributed by atoms with E-state index >= 15 is 0 Å². The summed E-state index contributed by atoms with van der Waals surface area (Å²) in [5.74, 6) is -1.41. The first-order valence-electron chi connectivity index (χ1n) is 8.85. The second-order valence-electron chi connectivity index (χ2n) is 6.21. The first-order chi connectivity index (χ1) is 14.3. The van der Waals surface area contributed by atoms with Gasteiger partial charge in [-0.25, -0.2) is 9.38 Å². The van der Waals surface area contributed by atoms with E-state index in [0.717, 1.165) is 11.8 Å². The number of carbonyl (C=O) groups is 2. The van der Waals surface area contributed by atoms with Crippen LogP contribution in [0.5, 0.6) is 0 Å². The van der Waals surface area contributed by atoms with Crippen molar-refractivity contribution in [2.45, 2.75) is 18.6 Å². The Morgan fingerprint density at radius 1 is 1.37 bits per heavy atom. The maximum atomic E-state index is 14.1. The molecule has 1 saturated heterocycles. The topological polar surface area (TPSA) is 105 Å². The zero-order valence-electron chi connectivity index (χ0n) is 15.7. The van der Waals surface area contributed by atoms with E-state index in [-0.39, 0.29) is 29.4 Å². The molecule has 0 radical (unpaired) electrons. The van der Waals surface area contributed by atoms with Gasteiger partial charge in [-0.2, -0.15) is 0 Å². The number of hydrogen-bond acceptors (Lipinski definition) is 6. The molecule has 2 aromatic rings. The van der Waals surface area contributed by atoms with Crippen molar-refractivity contribution in [1.82, 2.24) is 4.90 Å². The molecular weight excluding hydrogens is 479 g/mol. The number of aliphatic imine (C=N–C) groups is 1. The van der Waals surface area contributed by atoms with Crippen LogP contribution in [-0.2, 0) is 9.59 Å². The lowest BCUT2D eigenvalue weighted by Crippen LogP contribution is -2.33. The van der Waals surface area contributed by atoms with E-state index in [1.807, 2.05) is 0 Å². The van der Waals surface area contributed by atoms with E-state index in [1.54, 1.807) is 19.1 Å². The quantitative estimate of drug-likeness (QED) is 0.470. The van der Waals surface area contributed by atoms with Crippen LogP contribution in [0.15, 0.2) is 51.9 Å². The summed E-state index contributed by atoms with van der Waals surface area (Å²) in [7, 11) is 0.